The van der Waals surface area contributed by atoms with Gasteiger partial charge in [-0.25, -0.2) is 4.98 Å². The number of hydrogen-bond donors (Lipinski definition) is 2. The Morgan fingerprint density at radius 1 is 1.29 bits per heavy atom. The molecule has 2 heterocycles. The molecule has 1 aliphatic heterocycles. The van der Waals surface area contributed by atoms with Crippen LogP contribution in [0.5, 0.6) is 5.75 Å². The fourth-order valence-electron chi connectivity index (χ4n) is 3.18. The molecule has 0 atom stereocenters. The summed E-state index contributed by atoms with van der Waals surface area (Å²) in [7, 11) is 1.60. The maximum Gasteiger partial charge on any atom is 0.242 e. The zero-order valence-electron chi connectivity index (χ0n) is 16.0. The van der Waals surface area contributed by atoms with E-state index in [0.29, 0.717) is 41.0 Å². The molecule has 8 heteroatoms. The number of benzene rings is 1. The van der Waals surface area contributed by atoms with E-state index in [1.54, 1.807) is 26.3 Å². The second kappa shape index (κ2) is 8.93. The van der Waals surface area contributed by atoms with Crippen molar-refractivity contribution in [3.05, 3.63) is 47.1 Å². The van der Waals surface area contributed by atoms with Gasteiger partial charge in [-0.2, -0.15) is 0 Å². The van der Waals surface area contributed by atoms with E-state index in [1.807, 2.05) is 29.2 Å². The molecule has 1 aliphatic rings. The van der Waals surface area contributed by atoms with Gasteiger partial charge in [-0.05, 0) is 31.2 Å². The van der Waals surface area contributed by atoms with Crippen molar-refractivity contribution >= 4 is 34.7 Å². The lowest BCUT2D eigenvalue weighted by Gasteiger charge is -2.36. The third-order valence-corrected chi connectivity index (χ3v) is 5.06. The summed E-state index contributed by atoms with van der Waals surface area (Å²) < 4.78 is 5.28. The first-order valence-electron chi connectivity index (χ1n) is 9.10. The maximum absolute atomic E-state index is 12.6. The normalized spacial score (nSPS) is 14.0. The molecule has 0 spiro atoms. The lowest BCUT2D eigenvalue weighted by atomic mass is 10.2. The van der Waals surface area contributed by atoms with Gasteiger partial charge in [0.1, 0.15) is 11.6 Å². The fourth-order valence-corrected chi connectivity index (χ4v) is 3.37. The molecule has 2 aromatic rings. The molecule has 1 fully saturated rings. The number of amides is 1. The minimum Gasteiger partial charge on any atom is -0.495 e. The van der Waals surface area contributed by atoms with E-state index in [9.17, 15) is 4.79 Å². The molecule has 0 saturated carbocycles. The third kappa shape index (κ3) is 4.54. The van der Waals surface area contributed by atoms with Crippen LogP contribution < -0.4 is 15.0 Å². The number of carbonyl (C=O) groups is 1. The Morgan fingerprint density at radius 3 is 2.71 bits per heavy atom. The highest BCUT2D eigenvalue weighted by Gasteiger charge is 2.22. The van der Waals surface area contributed by atoms with Crippen LogP contribution in [-0.4, -0.2) is 61.3 Å². The number of carbonyl (C=O) groups excluding carboxylic acids is 1. The molecule has 3 rings (SSSR count). The Balaban J connectivity index is 1.55. The van der Waals surface area contributed by atoms with Crippen LogP contribution >= 0.6 is 11.6 Å². The van der Waals surface area contributed by atoms with E-state index in [4.69, 9.17) is 21.7 Å². The minimum atomic E-state index is 0.0209. The molecule has 148 valence electrons. The van der Waals surface area contributed by atoms with Crippen molar-refractivity contribution in [2.24, 2.45) is 0 Å². The van der Waals surface area contributed by atoms with Crippen LogP contribution in [0.4, 0.5) is 11.5 Å². The van der Waals surface area contributed by atoms with Crippen LogP contribution in [0, 0.1) is 5.41 Å². The van der Waals surface area contributed by atoms with Crippen LogP contribution in [0.3, 0.4) is 0 Å². The Labute approximate surface area is 169 Å². The van der Waals surface area contributed by atoms with Gasteiger partial charge < -0.3 is 25.3 Å². The zero-order chi connectivity index (χ0) is 20.1. The second-order valence-electron chi connectivity index (χ2n) is 6.56. The summed E-state index contributed by atoms with van der Waals surface area (Å²) in [5.41, 5.74) is 2.15. The van der Waals surface area contributed by atoms with E-state index in [2.05, 4.69) is 15.2 Å². The maximum atomic E-state index is 12.6. The van der Waals surface area contributed by atoms with Gasteiger partial charge in [-0.15, -0.1) is 0 Å². The molecule has 28 heavy (non-hydrogen) atoms. The van der Waals surface area contributed by atoms with Gasteiger partial charge >= 0.3 is 0 Å². The van der Waals surface area contributed by atoms with Gasteiger partial charge in [0.2, 0.25) is 5.91 Å². The Morgan fingerprint density at radius 2 is 2.04 bits per heavy atom. The first-order valence-corrected chi connectivity index (χ1v) is 9.48. The quantitative estimate of drug-likeness (QED) is 0.727. The molecule has 0 aliphatic carbocycles. The van der Waals surface area contributed by atoms with Crippen molar-refractivity contribution < 1.29 is 9.53 Å². The summed E-state index contributed by atoms with van der Waals surface area (Å²) >= 11 is 6.09. The summed E-state index contributed by atoms with van der Waals surface area (Å²) in [6.07, 6.45) is 1.65. The molecular weight excluding hydrogens is 378 g/mol. The van der Waals surface area contributed by atoms with E-state index >= 15 is 0 Å². The van der Waals surface area contributed by atoms with Crippen molar-refractivity contribution in [3.63, 3.8) is 0 Å². The average Bonchev–Trinajstić information content (AvgIpc) is 2.72. The van der Waals surface area contributed by atoms with Crippen molar-refractivity contribution in [3.8, 4) is 5.75 Å². The number of methoxy groups -OCH3 is 1. The van der Waals surface area contributed by atoms with Gasteiger partial charge in [0, 0.05) is 55.4 Å². The molecule has 0 unspecified atom stereocenters. The zero-order valence-corrected chi connectivity index (χ0v) is 16.8. The molecule has 2 N–H and O–H groups in total. The number of halogens is 1. The van der Waals surface area contributed by atoms with E-state index in [0.717, 1.165) is 18.8 Å². The monoisotopic (exact) mass is 401 g/mol. The molecule has 7 nitrogen and oxygen atoms in total. The molecule has 0 bridgehead atoms. The van der Waals surface area contributed by atoms with Gasteiger partial charge in [0.05, 0.1) is 18.7 Å². The molecule has 1 saturated heterocycles. The van der Waals surface area contributed by atoms with E-state index in [-0.39, 0.29) is 12.5 Å². The number of anilines is 2. The van der Waals surface area contributed by atoms with Crippen LogP contribution in [0.15, 0.2) is 36.5 Å². The fraction of sp³-hybridized carbons (Fsp3) is 0.350. The SMILES string of the molecule is COc1cc(N2CCN(C(=O)CNc3ncccc3C(C)=N)CC2)ccc1Cl. The Hall–Kier alpha value is -2.80. The molecule has 1 amide bonds. The predicted octanol–water partition coefficient (Wildman–Crippen LogP) is 2.89. The van der Waals surface area contributed by atoms with E-state index in [1.165, 1.54) is 0 Å². The van der Waals surface area contributed by atoms with Crippen LogP contribution in [0.25, 0.3) is 0 Å². The second-order valence-corrected chi connectivity index (χ2v) is 6.97. The third-order valence-electron chi connectivity index (χ3n) is 4.75. The number of rotatable bonds is 6. The van der Waals surface area contributed by atoms with Crippen LogP contribution in [0.2, 0.25) is 5.02 Å². The Bertz CT molecular complexity index is 865. The van der Waals surface area contributed by atoms with Crippen LogP contribution in [0.1, 0.15) is 12.5 Å². The van der Waals surface area contributed by atoms with Crippen molar-refractivity contribution in [1.29, 1.82) is 5.41 Å². The number of aromatic nitrogens is 1. The largest absolute Gasteiger partial charge is 0.495 e. The molecule has 1 aromatic carbocycles. The van der Waals surface area contributed by atoms with Gasteiger partial charge in [-0.1, -0.05) is 11.6 Å². The topological polar surface area (TPSA) is 81.6 Å². The highest BCUT2D eigenvalue weighted by atomic mass is 35.5. The summed E-state index contributed by atoms with van der Waals surface area (Å²) in [5, 5.41) is 11.5. The molecular formula is C20H24ClN5O2. The van der Waals surface area contributed by atoms with E-state index < -0.39 is 0 Å². The predicted molar refractivity (Wildman–Crippen MR) is 112 cm³/mol. The standard InChI is InChI=1S/C20H24ClN5O2/c1-14(22)16-4-3-7-23-20(16)24-13-19(27)26-10-8-25(9-11-26)15-5-6-17(21)18(12-15)28-2/h3-7,12,22H,8-11,13H2,1-2H3,(H,23,24). The lowest BCUT2D eigenvalue weighted by molar-refractivity contribution is -0.129. The highest BCUT2D eigenvalue weighted by Crippen LogP contribution is 2.29. The van der Waals surface area contributed by atoms with Crippen molar-refractivity contribution in [1.82, 2.24) is 9.88 Å². The van der Waals surface area contributed by atoms with Crippen molar-refractivity contribution in [2.45, 2.75) is 6.92 Å². The molecule has 0 radical (unpaired) electrons. The number of hydrogen-bond acceptors (Lipinski definition) is 6. The number of nitrogens with zero attached hydrogens (tertiary/aromatic N) is 3. The van der Waals surface area contributed by atoms with Gasteiger partial charge in [0.25, 0.3) is 0 Å². The summed E-state index contributed by atoms with van der Waals surface area (Å²) in [4.78, 5) is 20.9. The average molecular weight is 402 g/mol. The lowest BCUT2D eigenvalue weighted by Crippen LogP contribution is -2.50. The summed E-state index contributed by atoms with van der Waals surface area (Å²) in [6.45, 7) is 4.63. The Kier molecular flexibility index (Phi) is 6.36. The first-order chi connectivity index (χ1) is 13.5. The number of ether oxygens (including phenoxy) is 1. The number of piperazine rings is 1. The van der Waals surface area contributed by atoms with Crippen LogP contribution in [-0.2, 0) is 4.79 Å². The van der Waals surface area contributed by atoms with Crippen molar-refractivity contribution in [2.75, 3.05) is 50.1 Å². The summed E-state index contributed by atoms with van der Waals surface area (Å²) in [5.74, 6) is 1.23. The molecule has 1 aromatic heterocycles. The smallest absolute Gasteiger partial charge is 0.242 e. The minimum absolute atomic E-state index is 0.0209. The number of pyridine rings is 1. The first kappa shape index (κ1) is 19.9. The van der Waals surface area contributed by atoms with Gasteiger partial charge in [0.15, 0.2) is 0 Å². The highest BCUT2D eigenvalue weighted by molar-refractivity contribution is 6.32. The van der Waals surface area contributed by atoms with Gasteiger partial charge in [-0.3, -0.25) is 4.79 Å². The summed E-state index contributed by atoms with van der Waals surface area (Å²) in [6, 6.07) is 9.31. The number of nitrogens with one attached hydrogen (secondary N) is 2.